The number of alkyl halides is 3. The molecule has 2 N–H and O–H groups in total. The lowest BCUT2D eigenvalue weighted by Crippen LogP contribution is -2.43. The van der Waals surface area contributed by atoms with Gasteiger partial charge < -0.3 is 10.5 Å². The maximum Gasteiger partial charge on any atom is 0.416 e. The molecular weight excluding hydrogens is 247 g/mol. The van der Waals surface area contributed by atoms with Crippen LogP contribution in [0.3, 0.4) is 0 Å². The Kier molecular flexibility index (Phi) is 4.01. The average molecular weight is 261 g/mol. The Labute approximate surface area is 103 Å². The summed E-state index contributed by atoms with van der Waals surface area (Å²) in [6, 6.07) is 4.36. The van der Waals surface area contributed by atoms with Gasteiger partial charge in [0.25, 0.3) is 0 Å². The van der Waals surface area contributed by atoms with Gasteiger partial charge in [-0.1, -0.05) is 12.1 Å². The van der Waals surface area contributed by atoms with Crippen molar-refractivity contribution >= 4 is 5.97 Å². The first-order valence-corrected chi connectivity index (χ1v) is 5.33. The summed E-state index contributed by atoms with van der Waals surface area (Å²) < 4.78 is 42.4. The van der Waals surface area contributed by atoms with E-state index in [0.717, 1.165) is 12.1 Å². The molecule has 0 saturated carbocycles. The quantitative estimate of drug-likeness (QED) is 0.850. The molecule has 1 aromatic rings. The van der Waals surface area contributed by atoms with Gasteiger partial charge in [0, 0.05) is 0 Å². The largest absolute Gasteiger partial charge is 0.464 e. The highest BCUT2D eigenvalue weighted by molar-refractivity contribution is 5.81. The van der Waals surface area contributed by atoms with E-state index in [4.69, 9.17) is 10.5 Å². The van der Waals surface area contributed by atoms with Gasteiger partial charge in [0.1, 0.15) is 5.54 Å². The molecule has 18 heavy (non-hydrogen) atoms. The van der Waals surface area contributed by atoms with E-state index in [-0.39, 0.29) is 12.2 Å². The fourth-order valence-electron chi connectivity index (χ4n) is 1.42. The molecule has 0 aliphatic rings. The lowest BCUT2D eigenvalue weighted by Gasteiger charge is -2.23. The van der Waals surface area contributed by atoms with Crippen molar-refractivity contribution in [1.29, 1.82) is 0 Å². The summed E-state index contributed by atoms with van der Waals surface area (Å²) in [6.45, 7) is 3.03. The summed E-state index contributed by atoms with van der Waals surface area (Å²) in [7, 11) is 0. The van der Waals surface area contributed by atoms with Crippen LogP contribution in [0.15, 0.2) is 24.3 Å². The minimum atomic E-state index is -4.47. The number of hydrogen-bond donors (Lipinski definition) is 1. The molecule has 0 radical (unpaired) electrons. The second-order valence-electron chi connectivity index (χ2n) is 4.00. The molecule has 6 heteroatoms. The van der Waals surface area contributed by atoms with Crippen molar-refractivity contribution < 1.29 is 22.7 Å². The number of carbonyl (C=O) groups excluding carboxylic acids is 1. The van der Waals surface area contributed by atoms with Gasteiger partial charge in [-0.25, -0.2) is 4.79 Å². The van der Waals surface area contributed by atoms with Gasteiger partial charge >= 0.3 is 12.1 Å². The lowest BCUT2D eigenvalue weighted by atomic mass is 9.92. The van der Waals surface area contributed by atoms with E-state index in [9.17, 15) is 18.0 Å². The predicted octanol–water partition coefficient (Wildman–Crippen LogP) is 2.44. The second-order valence-corrected chi connectivity index (χ2v) is 4.00. The molecule has 0 bridgehead atoms. The summed E-state index contributed by atoms with van der Waals surface area (Å²) in [5, 5.41) is 0. The monoisotopic (exact) mass is 261 g/mol. The summed E-state index contributed by atoms with van der Waals surface area (Å²) in [5.74, 6) is -0.760. The lowest BCUT2D eigenvalue weighted by molar-refractivity contribution is -0.149. The molecule has 1 atom stereocenters. The van der Waals surface area contributed by atoms with Gasteiger partial charge in [-0.3, -0.25) is 0 Å². The minimum Gasteiger partial charge on any atom is -0.464 e. The first-order chi connectivity index (χ1) is 8.19. The maximum absolute atomic E-state index is 12.5. The SMILES string of the molecule is CCOC(=O)C(C)(N)c1cccc(C(F)(F)F)c1. The predicted molar refractivity (Wildman–Crippen MR) is 59.6 cm³/mol. The van der Waals surface area contributed by atoms with Crippen molar-refractivity contribution in [3.63, 3.8) is 0 Å². The van der Waals surface area contributed by atoms with Crippen molar-refractivity contribution in [2.45, 2.75) is 25.6 Å². The Morgan fingerprint density at radius 1 is 1.33 bits per heavy atom. The Morgan fingerprint density at radius 2 is 1.89 bits per heavy atom. The molecule has 0 aliphatic heterocycles. The third kappa shape index (κ3) is 3.01. The minimum absolute atomic E-state index is 0.0655. The molecule has 0 aromatic heterocycles. The molecule has 1 aromatic carbocycles. The zero-order valence-corrected chi connectivity index (χ0v) is 10.0. The van der Waals surface area contributed by atoms with Crippen molar-refractivity contribution in [2.24, 2.45) is 5.73 Å². The van der Waals surface area contributed by atoms with Gasteiger partial charge in [0.05, 0.1) is 12.2 Å². The maximum atomic E-state index is 12.5. The number of ether oxygens (including phenoxy) is 1. The number of esters is 1. The van der Waals surface area contributed by atoms with Crippen LogP contribution in [-0.4, -0.2) is 12.6 Å². The highest BCUT2D eigenvalue weighted by Crippen LogP contribution is 2.31. The molecule has 0 spiro atoms. The van der Waals surface area contributed by atoms with Crippen LogP contribution in [0, 0.1) is 0 Å². The van der Waals surface area contributed by atoms with Gasteiger partial charge in [-0.2, -0.15) is 13.2 Å². The highest BCUT2D eigenvalue weighted by atomic mass is 19.4. The topological polar surface area (TPSA) is 52.3 Å². The first-order valence-electron chi connectivity index (χ1n) is 5.33. The van der Waals surface area contributed by atoms with E-state index in [2.05, 4.69) is 0 Å². The van der Waals surface area contributed by atoms with Gasteiger partial charge in [0.15, 0.2) is 0 Å². The number of rotatable bonds is 3. The molecule has 0 aliphatic carbocycles. The van der Waals surface area contributed by atoms with Crippen LogP contribution in [0.25, 0.3) is 0 Å². The fourth-order valence-corrected chi connectivity index (χ4v) is 1.42. The Hall–Kier alpha value is -1.56. The molecule has 1 rings (SSSR count). The van der Waals surface area contributed by atoms with Crippen LogP contribution in [0.4, 0.5) is 13.2 Å². The number of benzene rings is 1. The van der Waals surface area contributed by atoms with E-state index in [1.165, 1.54) is 19.1 Å². The summed E-state index contributed by atoms with van der Waals surface area (Å²) >= 11 is 0. The van der Waals surface area contributed by atoms with Crippen LogP contribution in [0.2, 0.25) is 0 Å². The van der Waals surface area contributed by atoms with Crippen LogP contribution in [0.5, 0.6) is 0 Å². The van der Waals surface area contributed by atoms with Crippen LogP contribution in [0.1, 0.15) is 25.0 Å². The van der Waals surface area contributed by atoms with Crippen molar-refractivity contribution in [1.82, 2.24) is 0 Å². The number of nitrogens with two attached hydrogens (primary N) is 1. The highest BCUT2D eigenvalue weighted by Gasteiger charge is 2.36. The number of hydrogen-bond acceptors (Lipinski definition) is 3. The molecule has 0 heterocycles. The summed E-state index contributed by atoms with van der Waals surface area (Å²) in [4.78, 5) is 11.6. The molecular formula is C12H14F3NO2. The molecule has 100 valence electrons. The van der Waals surface area contributed by atoms with Gasteiger partial charge in [-0.15, -0.1) is 0 Å². The van der Waals surface area contributed by atoms with E-state index in [1.54, 1.807) is 6.92 Å². The third-order valence-electron chi connectivity index (χ3n) is 2.49. The van der Waals surface area contributed by atoms with Crippen molar-refractivity contribution in [3.05, 3.63) is 35.4 Å². The Bertz CT molecular complexity index is 441. The number of halogens is 3. The fraction of sp³-hybridized carbons (Fsp3) is 0.417. The summed E-state index contributed by atoms with van der Waals surface area (Å²) in [5.41, 5.74) is 3.36. The van der Waals surface area contributed by atoms with E-state index in [0.29, 0.717) is 0 Å². The van der Waals surface area contributed by atoms with E-state index >= 15 is 0 Å². The van der Waals surface area contributed by atoms with Crippen molar-refractivity contribution in [2.75, 3.05) is 6.61 Å². The molecule has 0 fully saturated rings. The summed E-state index contributed by atoms with van der Waals surface area (Å²) in [6.07, 6.45) is -4.47. The van der Waals surface area contributed by atoms with Crippen LogP contribution >= 0.6 is 0 Å². The smallest absolute Gasteiger partial charge is 0.416 e. The second kappa shape index (κ2) is 4.97. The number of carbonyl (C=O) groups is 1. The normalized spacial score (nSPS) is 15.0. The first kappa shape index (κ1) is 14.5. The van der Waals surface area contributed by atoms with Crippen molar-refractivity contribution in [3.8, 4) is 0 Å². The van der Waals surface area contributed by atoms with Crippen LogP contribution < -0.4 is 5.73 Å². The molecule has 0 amide bonds. The van der Waals surface area contributed by atoms with Gasteiger partial charge in [0.2, 0.25) is 0 Å². The molecule has 3 nitrogen and oxygen atoms in total. The van der Waals surface area contributed by atoms with E-state index < -0.39 is 23.2 Å². The zero-order chi connectivity index (χ0) is 14.0. The Morgan fingerprint density at radius 3 is 2.39 bits per heavy atom. The third-order valence-corrected chi connectivity index (χ3v) is 2.49. The molecule has 0 saturated heterocycles. The van der Waals surface area contributed by atoms with Crippen LogP contribution in [-0.2, 0) is 21.2 Å². The Balaban J connectivity index is 3.13. The average Bonchev–Trinajstić information content (AvgIpc) is 2.28. The standard InChI is InChI=1S/C12H14F3NO2/c1-3-18-10(17)11(2,16)8-5-4-6-9(7-8)12(13,14)15/h4-7H,3,16H2,1-2H3. The molecule has 1 unspecified atom stereocenters. The zero-order valence-electron chi connectivity index (χ0n) is 10.0. The van der Waals surface area contributed by atoms with E-state index in [1.807, 2.05) is 0 Å². The van der Waals surface area contributed by atoms with Gasteiger partial charge in [-0.05, 0) is 31.5 Å².